The van der Waals surface area contributed by atoms with E-state index >= 15 is 0 Å². The van der Waals surface area contributed by atoms with Crippen LogP contribution in [0.25, 0.3) is 0 Å². The van der Waals surface area contributed by atoms with E-state index in [-0.39, 0.29) is 6.04 Å². The van der Waals surface area contributed by atoms with Gasteiger partial charge in [-0.05, 0) is 35.9 Å². The third kappa shape index (κ3) is 4.66. The predicted octanol–water partition coefficient (Wildman–Crippen LogP) is 3.26. The maximum atomic E-state index is 12.1. The molecule has 0 saturated carbocycles. The van der Waals surface area contributed by atoms with Gasteiger partial charge >= 0.3 is 6.09 Å². The molecule has 2 rings (SSSR count). The van der Waals surface area contributed by atoms with E-state index in [1.807, 2.05) is 17.5 Å². The van der Waals surface area contributed by atoms with E-state index in [4.69, 9.17) is 0 Å². The molecule has 1 aromatic heterocycles. The van der Waals surface area contributed by atoms with Gasteiger partial charge in [0.15, 0.2) is 0 Å². The summed E-state index contributed by atoms with van der Waals surface area (Å²) in [5.74, 6) is -0.423. The molecule has 0 radical (unpaired) electrons. The molecule has 0 bridgehead atoms. The summed E-state index contributed by atoms with van der Waals surface area (Å²) >= 11 is 1.62. The first kappa shape index (κ1) is 18.2. The first-order chi connectivity index (χ1) is 11.5. The van der Waals surface area contributed by atoms with Gasteiger partial charge in [-0.1, -0.05) is 37.3 Å². The van der Waals surface area contributed by atoms with Crippen LogP contribution in [0, 0.1) is 0 Å². The third-order valence-corrected chi connectivity index (χ3v) is 4.71. The lowest BCUT2D eigenvalue weighted by Crippen LogP contribution is -2.45. The number of carbonyl (C=O) groups excluding carboxylic acids is 2. The molecule has 0 aliphatic rings. The van der Waals surface area contributed by atoms with Crippen LogP contribution in [0.4, 0.5) is 4.79 Å². The van der Waals surface area contributed by atoms with Crippen molar-refractivity contribution in [1.29, 1.82) is 0 Å². The predicted molar refractivity (Wildman–Crippen MR) is 95.1 cm³/mol. The van der Waals surface area contributed by atoms with Crippen LogP contribution < -0.4 is 10.6 Å². The molecule has 1 aromatic carbocycles. The Morgan fingerprint density at radius 3 is 2.46 bits per heavy atom. The average Bonchev–Trinajstić information content (AvgIpc) is 3.13. The Hall–Kier alpha value is -2.18. The zero-order valence-electron chi connectivity index (χ0n) is 14.0. The fourth-order valence-electron chi connectivity index (χ4n) is 2.33. The van der Waals surface area contributed by atoms with Crippen molar-refractivity contribution in [3.63, 3.8) is 0 Å². The monoisotopic (exact) mass is 346 g/mol. The zero-order valence-corrected chi connectivity index (χ0v) is 14.9. The van der Waals surface area contributed by atoms with Crippen LogP contribution in [0.5, 0.6) is 0 Å². The summed E-state index contributed by atoms with van der Waals surface area (Å²) in [7, 11) is 1.23. The number of imide groups is 1. The van der Waals surface area contributed by atoms with Crippen LogP contribution in [0.1, 0.15) is 35.9 Å². The average molecular weight is 346 g/mol. The van der Waals surface area contributed by atoms with Crippen molar-refractivity contribution in [1.82, 2.24) is 10.6 Å². The summed E-state index contributed by atoms with van der Waals surface area (Å²) in [5, 5.41) is 7.49. The van der Waals surface area contributed by atoms with Crippen LogP contribution in [0.3, 0.4) is 0 Å². The van der Waals surface area contributed by atoms with Crippen molar-refractivity contribution in [2.45, 2.75) is 32.4 Å². The van der Waals surface area contributed by atoms with Crippen LogP contribution in [-0.2, 0) is 16.0 Å². The molecule has 1 heterocycles. The lowest BCUT2D eigenvalue weighted by molar-refractivity contribution is -0.122. The molecule has 6 heteroatoms. The molecular weight excluding hydrogens is 324 g/mol. The SMILES string of the molecule is CCc1ccc([C@H](N[C@H](C)C(=O)NC(=O)OC)c2cccs2)cc1. The minimum atomic E-state index is -0.756. The molecule has 0 aliphatic heterocycles. The Morgan fingerprint density at radius 1 is 1.21 bits per heavy atom. The lowest BCUT2D eigenvalue weighted by Gasteiger charge is -2.22. The van der Waals surface area contributed by atoms with E-state index in [1.165, 1.54) is 12.7 Å². The Bertz CT molecular complexity index is 668. The minimum absolute atomic E-state index is 0.116. The van der Waals surface area contributed by atoms with Gasteiger partial charge in [0.1, 0.15) is 0 Å². The summed E-state index contributed by atoms with van der Waals surface area (Å²) in [5.41, 5.74) is 2.34. The van der Waals surface area contributed by atoms with Gasteiger partial charge in [-0.3, -0.25) is 15.4 Å². The third-order valence-electron chi connectivity index (χ3n) is 3.77. The molecule has 2 atom stereocenters. The highest BCUT2D eigenvalue weighted by Crippen LogP contribution is 2.27. The first-order valence-electron chi connectivity index (χ1n) is 7.82. The Kier molecular flexibility index (Phi) is 6.52. The van der Waals surface area contributed by atoms with Gasteiger partial charge in [-0.15, -0.1) is 11.3 Å². The first-order valence-corrected chi connectivity index (χ1v) is 8.70. The molecule has 0 spiro atoms. The standard InChI is InChI=1S/C18H22N2O3S/c1-4-13-7-9-14(10-8-13)16(15-6-5-11-24-15)19-12(2)17(21)20-18(22)23-3/h5-12,16,19H,4H2,1-3H3,(H,20,21,22)/t12-,16+/m1/s1. The number of methoxy groups -OCH3 is 1. The molecule has 0 fully saturated rings. The van der Waals surface area contributed by atoms with Crippen LogP contribution in [0.15, 0.2) is 41.8 Å². The lowest BCUT2D eigenvalue weighted by atomic mass is 10.0. The summed E-state index contributed by atoms with van der Waals surface area (Å²) in [6.07, 6.45) is 0.226. The van der Waals surface area contributed by atoms with Gasteiger partial charge in [-0.25, -0.2) is 4.79 Å². The molecule has 5 nitrogen and oxygen atoms in total. The number of carbonyl (C=O) groups is 2. The topological polar surface area (TPSA) is 67.4 Å². The largest absolute Gasteiger partial charge is 0.453 e. The molecule has 0 saturated heterocycles. The van der Waals surface area contributed by atoms with E-state index in [0.717, 1.165) is 16.9 Å². The molecule has 2 N–H and O–H groups in total. The summed E-state index contributed by atoms with van der Waals surface area (Å²) in [6, 6.07) is 11.7. The van der Waals surface area contributed by atoms with E-state index in [2.05, 4.69) is 46.6 Å². The number of ether oxygens (including phenoxy) is 1. The van der Waals surface area contributed by atoms with Gasteiger partial charge in [0.05, 0.1) is 19.2 Å². The Balaban J connectivity index is 2.17. The number of hydrogen-bond donors (Lipinski definition) is 2. The van der Waals surface area contributed by atoms with Crippen molar-refractivity contribution in [2.75, 3.05) is 7.11 Å². The highest BCUT2D eigenvalue weighted by Gasteiger charge is 2.22. The Labute approximate surface area is 146 Å². The van der Waals surface area contributed by atoms with Crippen molar-refractivity contribution in [2.24, 2.45) is 0 Å². The van der Waals surface area contributed by atoms with Crippen molar-refractivity contribution >= 4 is 23.3 Å². The van der Waals surface area contributed by atoms with Gasteiger partial charge in [0.25, 0.3) is 0 Å². The summed E-state index contributed by atoms with van der Waals surface area (Å²) in [4.78, 5) is 24.4. The molecule has 0 aliphatic carbocycles. The van der Waals surface area contributed by atoms with Crippen LogP contribution >= 0.6 is 11.3 Å². The number of hydrogen-bond acceptors (Lipinski definition) is 5. The maximum absolute atomic E-state index is 12.1. The van der Waals surface area contributed by atoms with Crippen molar-refractivity contribution in [3.05, 3.63) is 57.8 Å². The van der Waals surface area contributed by atoms with E-state index < -0.39 is 18.0 Å². The number of nitrogens with one attached hydrogen (secondary N) is 2. The van der Waals surface area contributed by atoms with Gasteiger partial charge in [0.2, 0.25) is 5.91 Å². The van der Waals surface area contributed by atoms with Gasteiger partial charge in [0, 0.05) is 4.88 Å². The fraction of sp³-hybridized carbons (Fsp3) is 0.333. The maximum Gasteiger partial charge on any atom is 0.413 e. The van der Waals surface area contributed by atoms with E-state index in [1.54, 1.807) is 18.3 Å². The quantitative estimate of drug-likeness (QED) is 0.842. The van der Waals surface area contributed by atoms with Crippen molar-refractivity contribution < 1.29 is 14.3 Å². The second-order valence-electron chi connectivity index (χ2n) is 5.41. The minimum Gasteiger partial charge on any atom is -0.453 e. The summed E-state index contributed by atoms with van der Waals surface area (Å²) < 4.78 is 4.46. The molecular formula is C18H22N2O3S. The number of thiophene rings is 1. The molecule has 2 amide bonds. The second kappa shape index (κ2) is 8.61. The van der Waals surface area contributed by atoms with Crippen molar-refractivity contribution in [3.8, 4) is 0 Å². The zero-order chi connectivity index (χ0) is 17.5. The number of benzene rings is 1. The summed E-state index contributed by atoms with van der Waals surface area (Å²) in [6.45, 7) is 3.84. The molecule has 128 valence electrons. The number of aryl methyl sites for hydroxylation is 1. The fourth-order valence-corrected chi connectivity index (χ4v) is 3.14. The van der Waals surface area contributed by atoms with Crippen LogP contribution in [-0.4, -0.2) is 25.2 Å². The van der Waals surface area contributed by atoms with Crippen LogP contribution in [0.2, 0.25) is 0 Å². The molecule has 24 heavy (non-hydrogen) atoms. The van der Waals surface area contributed by atoms with Gasteiger partial charge < -0.3 is 4.74 Å². The highest BCUT2D eigenvalue weighted by atomic mass is 32.1. The van der Waals surface area contributed by atoms with Gasteiger partial charge in [-0.2, -0.15) is 0 Å². The number of alkyl carbamates (subject to hydrolysis) is 1. The normalized spacial score (nSPS) is 13.1. The van der Waals surface area contributed by atoms with E-state index in [0.29, 0.717) is 0 Å². The number of rotatable bonds is 6. The Morgan fingerprint density at radius 2 is 1.92 bits per heavy atom. The highest BCUT2D eigenvalue weighted by molar-refractivity contribution is 7.10. The number of amides is 2. The second-order valence-corrected chi connectivity index (χ2v) is 6.39. The molecule has 0 unspecified atom stereocenters. The smallest absolute Gasteiger partial charge is 0.413 e. The molecule has 2 aromatic rings. The van der Waals surface area contributed by atoms with E-state index in [9.17, 15) is 9.59 Å².